The Bertz CT molecular complexity index is 66.2. The molecule has 74 valence electrons. The van der Waals surface area contributed by atoms with E-state index in [2.05, 4.69) is 12.6 Å². The molecule has 0 saturated carbocycles. The van der Waals surface area contributed by atoms with Gasteiger partial charge in [0.25, 0.3) is 0 Å². The normalized spacial score (nSPS) is 10.5. The molecule has 0 aliphatic heterocycles. The van der Waals surface area contributed by atoms with Crippen LogP contribution >= 0.6 is 12.6 Å². The molecule has 0 aliphatic rings. The SMILES string of the molecule is COCCCCCCCCCS. The number of methoxy groups -OCH3 is 1. The second-order valence-electron chi connectivity index (χ2n) is 3.19. The van der Waals surface area contributed by atoms with Gasteiger partial charge in [0.05, 0.1) is 0 Å². The van der Waals surface area contributed by atoms with E-state index in [1.165, 1.54) is 44.9 Å². The third-order valence-corrected chi connectivity index (χ3v) is 2.32. The zero-order chi connectivity index (χ0) is 9.07. The predicted molar refractivity (Wildman–Crippen MR) is 58.0 cm³/mol. The van der Waals surface area contributed by atoms with E-state index in [9.17, 15) is 0 Å². The van der Waals surface area contributed by atoms with Crippen molar-refractivity contribution >= 4 is 12.6 Å². The van der Waals surface area contributed by atoms with Crippen LogP contribution in [0.15, 0.2) is 0 Å². The molecule has 0 aromatic heterocycles. The fourth-order valence-electron chi connectivity index (χ4n) is 1.24. The molecule has 0 saturated heterocycles. The molecule has 0 atom stereocenters. The molecule has 0 spiro atoms. The summed E-state index contributed by atoms with van der Waals surface area (Å²) in [5, 5.41) is 0. The third-order valence-electron chi connectivity index (χ3n) is 2.01. The van der Waals surface area contributed by atoms with Crippen molar-refractivity contribution in [1.29, 1.82) is 0 Å². The summed E-state index contributed by atoms with van der Waals surface area (Å²) >= 11 is 4.18. The summed E-state index contributed by atoms with van der Waals surface area (Å²) in [7, 11) is 1.77. The molecule has 0 unspecified atom stereocenters. The van der Waals surface area contributed by atoms with E-state index >= 15 is 0 Å². The summed E-state index contributed by atoms with van der Waals surface area (Å²) in [6, 6.07) is 0. The van der Waals surface area contributed by atoms with Crippen LogP contribution in [0.2, 0.25) is 0 Å². The summed E-state index contributed by atoms with van der Waals surface area (Å²) in [5.41, 5.74) is 0. The first-order valence-electron chi connectivity index (χ1n) is 5.01. The second-order valence-corrected chi connectivity index (χ2v) is 3.64. The number of hydrogen-bond acceptors (Lipinski definition) is 2. The predicted octanol–water partition coefficient (Wildman–Crippen LogP) is 3.29. The molecule has 0 heterocycles. The van der Waals surface area contributed by atoms with Crippen LogP contribution in [0.1, 0.15) is 44.9 Å². The second kappa shape index (κ2) is 11.3. The van der Waals surface area contributed by atoms with Gasteiger partial charge >= 0.3 is 0 Å². The van der Waals surface area contributed by atoms with Gasteiger partial charge in [-0.2, -0.15) is 12.6 Å². The molecule has 0 aliphatic carbocycles. The van der Waals surface area contributed by atoms with Crippen LogP contribution in [-0.4, -0.2) is 19.5 Å². The number of hydrogen-bond donors (Lipinski definition) is 1. The van der Waals surface area contributed by atoms with Crippen molar-refractivity contribution in [2.45, 2.75) is 44.9 Å². The van der Waals surface area contributed by atoms with Crippen LogP contribution < -0.4 is 0 Å². The van der Waals surface area contributed by atoms with E-state index in [0.717, 1.165) is 12.4 Å². The summed E-state index contributed by atoms with van der Waals surface area (Å²) in [6.07, 6.45) is 9.33. The summed E-state index contributed by atoms with van der Waals surface area (Å²) in [6.45, 7) is 0.927. The van der Waals surface area contributed by atoms with E-state index < -0.39 is 0 Å². The topological polar surface area (TPSA) is 9.23 Å². The maximum Gasteiger partial charge on any atom is 0.0462 e. The highest BCUT2D eigenvalue weighted by molar-refractivity contribution is 7.80. The molecule has 0 bridgehead atoms. The van der Waals surface area contributed by atoms with Gasteiger partial charge in [0.2, 0.25) is 0 Å². The van der Waals surface area contributed by atoms with Gasteiger partial charge in [0, 0.05) is 13.7 Å². The largest absolute Gasteiger partial charge is 0.385 e. The first-order valence-corrected chi connectivity index (χ1v) is 5.65. The molecule has 1 nitrogen and oxygen atoms in total. The maximum absolute atomic E-state index is 4.98. The van der Waals surface area contributed by atoms with E-state index in [1.807, 2.05) is 0 Å². The Morgan fingerprint density at radius 3 is 1.83 bits per heavy atom. The lowest BCUT2D eigenvalue weighted by atomic mass is 10.1. The van der Waals surface area contributed by atoms with Crippen LogP contribution in [0, 0.1) is 0 Å². The van der Waals surface area contributed by atoms with E-state index in [1.54, 1.807) is 7.11 Å². The van der Waals surface area contributed by atoms with E-state index in [4.69, 9.17) is 4.74 Å². The molecule has 0 amide bonds. The van der Waals surface area contributed by atoms with Gasteiger partial charge in [-0.1, -0.05) is 32.1 Å². The fourth-order valence-corrected chi connectivity index (χ4v) is 1.47. The Balaban J connectivity index is 2.73. The van der Waals surface area contributed by atoms with Crippen LogP contribution in [-0.2, 0) is 4.74 Å². The van der Waals surface area contributed by atoms with Crippen LogP contribution in [0.25, 0.3) is 0 Å². The molecule has 0 N–H and O–H groups in total. The van der Waals surface area contributed by atoms with Gasteiger partial charge in [-0.15, -0.1) is 0 Å². The minimum Gasteiger partial charge on any atom is -0.385 e. The van der Waals surface area contributed by atoms with Crippen molar-refractivity contribution < 1.29 is 4.74 Å². The molecule has 0 aromatic carbocycles. The standard InChI is InChI=1S/C10H22OS/c1-11-9-7-5-3-2-4-6-8-10-12/h12H,2-10H2,1H3. The highest BCUT2D eigenvalue weighted by Gasteiger charge is 1.90. The van der Waals surface area contributed by atoms with Gasteiger partial charge in [0.15, 0.2) is 0 Å². The Kier molecular flexibility index (Phi) is 11.6. The van der Waals surface area contributed by atoms with Gasteiger partial charge in [-0.3, -0.25) is 0 Å². The highest BCUT2D eigenvalue weighted by Crippen LogP contribution is 2.07. The quantitative estimate of drug-likeness (QED) is 0.433. The molecule has 0 rings (SSSR count). The molecule has 0 radical (unpaired) electrons. The minimum atomic E-state index is 0.927. The Hall–Kier alpha value is 0.310. The smallest absolute Gasteiger partial charge is 0.0462 e. The van der Waals surface area contributed by atoms with Gasteiger partial charge in [-0.05, 0) is 18.6 Å². The lowest BCUT2D eigenvalue weighted by Gasteiger charge is -2.00. The van der Waals surface area contributed by atoms with Crippen LogP contribution in [0.4, 0.5) is 0 Å². The maximum atomic E-state index is 4.98. The zero-order valence-corrected chi connectivity index (χ0v) is 9.11. The first kappa shape index (κ1) is 12.3. The summed E-state index contributed by atoms with van der Waals surface area (Å²) in [4.78, 5) is 0. The summed E-state index contributed by atoms with van der Waals surface area (Å²) < 4.78 is 4.98. The Morgan fingerprint density at radius 2 is 1.33 bits per heavy atom. The first-order chi connectivity index (χ1) is 5.91. The van der Waals surface area contributed by atoms with Crippen molar-refractivity contribution in [3.63, 3.8) is 0 Å². The third kappa shape index (κ3) is 10.3. The Morgan fingerprint density at radius 1 is 0.833 bits per heavy atom. The lowest BCUT2D eigenvalue weighted by Crippen LogP contribution is -1.88. The van der Waals surface area contributed by atoms with Crippen molar-refractivity contribution in [2.24, 2.45) is 0 Å². The van der Waals surface area contributed by atoms with Crippen molar-refractivity contribution in [3.8, 4) is 0 Å². The highest BCUT2D eigenvalue weighted by atomic mass is 32.1. The molecule has 0 fully saturated rings. The molecular formula is C10H22OS. The average molecular weight is 190 g/mol. The van der Waals surface area contributed by atoms with Crippen molar-refractivity contribution in [3.05, 3.63) is 0 Å². The van der Waals surface area contributed by atoms with Crippen molar-refractivity contribution in [2.75, 3.05) is 19.5 Å². The molecule has 2 heteroatoms. The fraction of sp³-hybridized carbons (Fsp3) is 1.00. The minimum absolute atomic E-state index is 0.927. The monoisotopic (exact) mass is 190 g/mol. The number of rotatable bonds is 9. The molecule has 0 aromatic rings. The molecule has 12 heavy (non-hydrogen) atoms. The van der Waals surface area contributed by atoms with Crippen molar-refractivity contribution in [1.82, 2.24) is 0 Å². The zero-order valence-electron chi connectivity index (χ0n) is 8.22. The van der Waals surface area contributed by atoms with Gasteiger partial charge in [-0.25, -0.2) is 0 Å². The number of unbranched alkanes of at least 4 members (excludes halogenated alkanes) is 6. The van der Waals surface area contributed by atoms with Gasteiger partial charge < -0.3 is 4.74 Å². The lowest BCUT2D eigenvalue weighted by molar-refractivity contribution is 0.192. The number of thiol groups is 1. The van der Waals surface area contributed by atoms with Crippen LogP contribution in [0.3, 0.4) is 0 Å². The number of ether oxygens (including phenoxy) is 1. The van der Waals surface area contributed by atoms with E-state index in [0.29, 0.717) is 0 Å². The Labute approximate surface area is 82.3 Å². The van der Waals surface area contributed by atoms with Gasteiger partial charge in [0.1, 0.15) is 0 Å². The molecular weight excluding hydrogens is 168 g/mol. The average Bonchev–Trinajstić information content (AvgIpc) is 2.10. The van der Waals surface area contributed by atoms with E-state index in [-0.39, 0.29) is 0 Å². The van der Waals surface area contributed by atoms with Crippen LogP contribution in [0.5, 0.6) is 0 Å². The summed E-state index contributed by atoms with van der Waals surface area (Å²) in [5.74, 6) is 1.05.